The molecule has 0 atom stereocenters. The van der Waals surface area contributed by atoms with Gasteiger partial charge in [0.05, 0.1) is 6.54 Å². The molecule has 0 aromatic carbocycles. The molecule has 0 aliphatic carbocycles. The average Bonchev–Trinajstić information content (AvgIpc) is 2.83. The smallest absolute Gasteiger partial charge is 0.240 e. The quantitative estimate of drug-likeness (QED) is 0.115. The Kier molecular flexibility index (Phi) is 27.6. The first-order valence-corrected chi connectivity index (χ1v) is 15.2. The molecule has 4 heteroatoms. The van der Waals surface area contributed by atoms with Crippen LogP contribution in [0.3, 0.4) is 0 Å². The molecular weight excluding hydrogens is 420 g/mol. The van der Waals surface area contributed by atoms with Gasteiger partial charge in [-0.15, -0.1) is 0 Å². The Bertz CT molecular complexity index is 440. The van der Waals surface area contributed by atoms with E-state index in [-0.39, 0.29) is 18.4 Å². The van der Waals surface area contributed by atoms with E-state index < -0.39 is 0 Å². The lowest BCUT2D eigenvalue weighted by atomic mass is 10.0. The molecule has 0 saturated heterocycles. The number of carbonyl (C=O) groups is 2. The fraction of sp³-hybridized carbons (Fsp3) is 0.933. The lowest BCUT2D eigenvalue weighted by Crippen LogP contribution is -2.35. The predicted octanol–water partition coefficient (Wildman–Crippen LogP) is 8.75. The zero-order valence-electron chi connectivity index (χ0n) is 23.0. The zero-order chi connectivity index (χ0) is 25.0. The number of rotatable bonds is 27. The van der Waals surface area contributed by atoms with Gasteiger partial charge in [-0.05, 0) is 6.42 Å². The number of imide groups is 1. The fourth-order valence-electron chi connectivity index (χ4n) is 4.69. The van der Waals surface area contributed by atoms with Crippen molar-refractivity contribution in [2.45, 2.75) is 174 Å². The van der Waals surface area contributed by atoms with E-state index in [9.17, 15) is 9.59 Å². The Labute approximate surface area is 213 Å². The highest BCUT2D eigenvalue weighted by atomic mass is 16.2. The number of amides is 2. The highest BCUT2D eigenvalue weighted by Crippen LogP contribution is 2.15. The third-order valence-electron chi connectivity index (χ3n) is 6.97. The van der Waals surface area contributed by atoms with Gasteiger partial charge in [0.15, 0.2) is 0 Å². The molecule has 0 bridgehead atoms. The number of unbranched alkanes of at least 4 members (excludes halogenated alkanes) is 24. The van der Waals surface area contributed by atoms with Crippen LogP contribution >= 0.6 is 0 Å². The summed E-state index contributed by atoms with van der Waals surface area (Å²) in [5.74, 6) is -0.575. The van der Waals surface area contributed by atoms with Gasteiger partial charge in [-0.1, -0.05) is 161 Å². The van der Waals surface area contributed by atoms with Crippen molar-refractivity contribution in [3.63, 3.8) is 0 Å². The largest absolute Gasteiger partial charge is 0.322 e. The highest BCUT2D eigenvalue weighted by molar-refractivity contribution is 5.95. The summed E-state index contributed by atoms with van der Waals surface area (Å²) in [7, 11) is 0. The minimum atomic E-state index is -0.385. The van der Waals surface area contributed by atoms with Crippen molar-refractivity contribution in [2.24, 2.45) is 5.73 Å². The molecule has 4 nitrogen and oxygen atoms in total. The fourth-order valence-corrected chi connectivity index (χ4v) is 4.69. The summed E-state index contributed by atoms with van der Waals surface area (Å²) in [6, 6.07) is 0. The molecule has 0 radical (unpaired) electrons. The molecule has 3 N–H and O–H groups in total. The Morgan fingerprint density at radius 1 is 0.441 bits per heavy atom. The van der Waals surface area contributed by atoms with Crippen LogP contribution in [0.4, 0.5) is 0 Å². The molecule has 0 aliphatic rings. The van der Waals surface area contributed by atoms with E-state index in [1.54, 1.807) is 0 Å². The van der Waals surface area contributed by atoms with Crippen LogP contribution in [0.25, 0.3) is 0 Å². The van der Waals surface area contributed by atoms with Crippen LogP contribution in [0.1, 0.15) is 174 Å². The lowest BCUT2D eigenvalue weighted by Gasteiger charge is -2.04. The molecule has 202 valence electrons. The Balaban J connectivity index is 3.09. The monoisotopic (exact) mass is 480 g/mol. The van der Waals surface area contributed by atoms with Crippen LogP contribution in [0.5, 0.6) is 0 Å². The third kappa shape index (κ3) is 27.3. The topological polar surface area (TPSA) is 72.2 Å². The molecule has 0 spiro atoms. The Hall–Kier alpha value is -0.900. The molecule has 0 rings (SSSR count). The van der Waals surface area contributed by atoms with E-state index in [1.807, 2.05) is 0 Å². The van der Waals surface area contributed by atoms with Crippen molar-refractivity contribution in [2.75, 3.05) is 6.54 Å². The van der Waals surface area contributed by atoms with E-state index in [2.05, 4.69) is 12.2 Å². The molecule has 0 aromatic heterocycles. The van der Waals surface area contributed by atoms with Crippen molar-refractivity contribution in [3.05, 3.63) is 0 Å². The van der Waals surface area contributed by atoms with Crippen LogP contribution in [-0.4, -0.2) is 18.4 Å². The van der Waals surface area contributed by atoms with Gasteiger partial charge in [0.1, 0.15) is 0 Å². The molecule has 34 heavy (non-hydrogen) atoms. The van der Waals surface area contributed by atoms with Gasteiger partial charge in [0.25, 0.3) is 0 Å². The van der Waals surface area contributed by atoms with Gasteiger partial charge < -0.3 is 5.73 Å². The van der Waals surface area contributed by atoms with Gasteiger partial charge in [-0.2, -0.15) is 0 Å². The second-order valence-corrected chi connectivity index (χ2v) is 10.4. The van der Waals surface area contributed by atoms with Gasteiger partial charge in [-0.25, -0.2) is 0 Å². The summed E-state index contributed by atoms with van der Waals surface area (Å²) in [5, 5.41) is 2.29. The summed E-state index contributed by atoms with van der Waals surface area (Å²) < 4.78 is 0. The van der Waals surface area contributed by atoms with Crippen molar-refractivity contribution >= 4 is 11.8 Å². The molecule has 0 saturated carbocycles. The van der Waals surface area contributed by atoms with Crippen LogP contribution in [0, 0.1) is 0 Å². The minimum absolute atomic E-state index is 0.120. The lowest BCUT2D eigenvalue weighted by molar-refractivity contribution is -0.129. The van der Waals surface area contributed by atoms with Gasteiger partial charge in [0, 0.05) is 6.42 Å². The van der Waals surface area contributed by atoms with Gasteiger partial charge in [-0.3, -0.25) is 14.9 Å². The molecule has 0 aromatic rings. The van der Waals surface area contributed by atoms with Crippen LogP contribution < -0.4 is 11.1 Å². The highest BCUT2D eigenvalue weighted by Gasteiger charge is 2.05. The molecule has 0 heterocycles. The second-order valence-electron chi connectivity index (χ2n) is 10.4. The SMILES string of the molecule is CCCCCCCCCCCCCCCCCCCCCCCCCCCC(=O)NC(=O)CN. The number of nitrogens with two attached hydrogens (primary N) is 1. The summed E-state index contributed by atoms with van der Waals surface area (Å²) >= 11 is 0. The van der Waals surface area contributed by atoms with Crippen molar-refractivity contribution in [1.82, 2.24) is 5.32 Å². The standard InChI is InChI=1S/C30H60N2O2/c1-2-3-4-5-6-7-8-9-10-11-12-13-14-15-16-17-18-19-20-21-22-23-24-25-26-27-29(33)32-30(34)28-31/h2-28,31H2,1H3,(H,32,33,34). The summed E-state index contributed by atoms with van der Waals surface area (Å²) in [6.07, 6.45) is 34.8. The van der Waals surface area contributed by atoms with Crippen LogP contribution in [-0.2, 0) is 9.59 Å². The molecule has 0 aliphatic heterocycles. The maximum atomic E-state index is 11.5. The third-order valence-corrected chi connectivity index (χ3v) is 6.97. The van der Waals surface area contributed by atoms with E-state index in [1.165, 1.54) is 148 Å². The van der Waals surface area contributed by atoms with E-state index in [0.717, 1.165) is 12.8 Å². The zero-order valence-corrected chi connectivity index (χ0v) is 23.0. The Morgan fingerprint density at radius 3 is 0.971 bits per heavy atom. The maximum Gasteiger partial charge on any atom is 0.240 e. The molecule has 2 amide bonds. The van der Waals surface area contributed by atoms with Crippen molar-refractivity contribution < 1.29 is 9.59 Å². The van der Waals surface area contributed by atoms with Gasteiger partial charge in [0.2, 0.25) is 11.8 Å². The first-order chi connectivity index (χ1) is 16.7. The maximum absolute atomic E-state index is 11.5. The van der Waals surface area contributed by atoms with Crippen molar-refractivity contribution in [1.29, 1.82) is 0 Å². The summed E-state index contributed by atoms with van der Waals surface area (Å²) in [4.78, 5) is 22.5. The predicted molar refractivity (Wildman–Crippen MR) is 148 cm³/mol. The number of nitrogens with one attached hydrogen (secondary N) is 1. The summed E-state index contributed by atoms with van der Waals surface area (Å²) in [6.45, 7) is 2.17. The van der Waals surface area contributed by atoms with E-state index in [0.29, 0.717) is 6.42 Å². The van der Waals surface area contributed by atoms with Crippen molar-refractivity contribution in [3.8, 4) is 0 Å². The van der Waals surface area contributed by atoms with Gasteiger partial charge >= 0.3 is 0 Å². The normalized spacial score (nSPS) is 11.1. The van der Waals surface area contributed by atoms with Crippen LogP contribution in [0.2, 0.25) is 0 Å². The molecule has 0 fully saturated rings. The minimum Gasteiger partial charge on any atom is -0.322 e. The second kappa shape index (κ2) is 28.3. The van der Waals surface area contributed by atoms with E-state index in [4.69, 9.17) is 5.73 Å². The first-order valence-electron chi connectivity index (χ1n) is 15.2. The average molecular weight is 481 g/mol. The number of hydrogen-bond donors (Lipinski definition) is 2. The number of carbonyl (C=O) groups excluding carboxylic acids is 2. The van der Waals surface area contributed by atoms with E-state index >= 15 is 0 Å². The first kappa shape index (κ1) is 33.1. The Morgan fingerprint density at radius 2 is 0.706 bits per heavy atom. The van der Waals surface area contributed by atoms with Crippen LogP contribution in [0.15, 0.2) is 0 Å². The summed E-state index contributed by atoms with van der Waals surface area (Å²) in [5.41, 5.74) is 5.18. The number of hydrogen-bond acceptors (Lipinski definition) is 3. The molecule has 0 unspecified atom stereocenters. The molecular formula is C30H60N2O2.